The first-order valence-corrected chi connectivity index (χ1v) is 3.81. The second kappa shape index (κ2) is 3.72. The van der Waals surface area contributed by atoms with E-state index in [-0.39, 0.29) is 11.4 Å². The highest BCUT2D eigenvalue weighted by Crippen LogP contribution is 2.17. The quantitative estimate of drug-likeness (QED) is 0.610. The van der Waals surface area contributed by atoms with Crippen LogP contribution in [-0.2, 0) is 9.53 Å². The van der Waals surface area contributed by atoms with Crippen LogP contribution in [0.25, 0.3) is 0 Å². The second-order valence-electron chi connectivity index (χ2n) is 3.60. The first kappa shape index (κ1) is 10.4. The smallest absolute Gasteiger partial charge is 0.323 e. The Morgan fingerprint density at radius 2 is 2.00 bits per heavy atom. The van der Waals surface area contributed by atoms with E-state index in [1.165, 1.54) is 0 Å². The van der Waals surface area contributed by atoms with E-state index in [4.69, 9.17) is 10.5 Å². The predicted molar refractivity (Wildman–Crippen MR) is 44.1 cm³/mol. The Bertz CT molecular complexity index is 138. The molecule has 0 spiro atoms. The van der Waals surface area contributed by atoms with Crippen molar-refractivity contribution in [2.45, 2.75) is 33.7 Å². The normalized spacial score (nSPS) is 14.3. The number of esters is 1. The molecular weight excluding hydrogens is 142 g/mol. The number of carbonyl (C=O) groups is 1. The molecule has 1 atom stereocenters. The molecular formula is C8H17NO2. The van der Waals surface area contributed by atoms with E-state index in [1.807, 2.05) is 20.8 Å². The van der Waals surface area contributed by atoms with Gasteiger partial charge in [0.05, 0.1) is 6.61 Å². The van der Waals surface area contributed by atoms with Gasteiger partial charge in [0.25, 0.3) is 0 Å². The van der Waals surface area contributed by atoms with Crippen molar-refractivity contribution in [3.8, 4) is 0 Å². The van der Waals surface area contributed by atoms with Crippen molar-refractivity contribution in [1.29, 1.82) is 0 Å². The lowest BCUT2D eigenvalue weighted by atomic mass is 9.87. The standard InChI is InChI=1S/C8H17NO2/c1-5-11-7(10)6(9)8(2,3)4/h6H,5,9H2,1-4H3/t6-/m0/s1. The van der Waals surface area contributed by atoms with Gasteiger partial charge in [0.1, 0.15) is 6.04 Å². The zero-order chi connectivity index (χ0) is 9.07. The van der Waals surface area contributed by atoms with Crippen molar-refractivity contribution in [1.82, 2.24) is 0 Å². The lowest BCUT2D eigenvalue weighted by molar-refractivity contribution is -0.147. The topological polar surface area (TPSA) is 52.3 Å². The number of hydrogen-bond donors (Lipinski definition) is 1. The van der Waals surface area contributed by atoms with E-state index in [0.717, 1.165) is 0 Å². The first-order chi connectivity index (χ1) is 4.89. The van der Waals surface area contributed by atoms with Gasteiger partial charge in [-0.15, -0.1) is 0 Å². The average molecular weight is 159 g/mol. The molecule has 0 radical (unpaired) electrons. The van der Waals surface area contributed by atoms with E-state index >= 15 is 0 Å². The van der Waals surface area contributed by atoms with Gasteiger partial charge in [-0.05, 0) is 12.3 Å². The van der Waals surface area contributed by atoms with Crippen molar-refractivity contribution in [2.75, 3.05) is 6.61 Å². The molecule has 0 saturated heterocycles. The van der Waals surface area contributed by atoms with Gasteiger partial charge in [-0.3, -0.25) is 4.79 Å². The maximum atomic E-state index is 11.0. The van der Waals surface area contributed by atoms with Crippen LogP contribution in [0.3, 0.4) is 0 Å². The third-order valence-electron chi connectivity index (χ3n) is 1.47. The van der Waals surface area contributed by atoms with Crippen molar-refractivity contribution in [3.63, 3.8) is 0 Å². The molecule has 0 aliphatic heterocycles. The number of carbonyl (C=O) groups excluding carboxylic acids is 1. The number of rotatable bonds is 2. The van der Waals surface area contributed by atoms with Gasteiger partial charge in [0.2, 0.25) is 0 Å². The van der Waals surface area contributed by atoms with Crippen LogP contribution in [0.15, 0.2) is 0 Å². The Balaban J connectivity index is 4.03. The van der Waals surface area contributed by atoms with E-state index in [9.17, 15) is 4.79 Å². The molecule has 66 valence electrons. The molecule has 0 aromatic heterocycles. The molecule has 2 N–H and O–H groups in total. The third kappa shape index (κ3) is 3.37. The maximum Gasteiger partial charge on any atom is 0.323 e. The Hall–Kier alpha value is -0.570. The largest absolute Gasteiger partial charge is 0.465 e. The summed E-state index contributed by atoms with van der Waals surface area (Å²) in [6.45, 7) is 7.90. The molecule has 0 aliphatic carbocycles. The summed E-state index contributed by atoms with van der Waals surface area (Å²) in [7, 11) is 0. The first-order valence-electron chi connectivity index (χ1n) is 3.81. The van der Waals surface area contributed by atoms with Gasteiger partial charge < -0.3 is 10.5 Å². The number of ether oxygens (including phenoxy) is 1. The van der Waals surface area contributed by atoms with Crippen LogP contribution < -0.4 is 5.73 Å². The summed E-state index contributed by atoms with van der Waals surface area (Å²) < 4.78 is 4.77. The van der Waals surface area contributed by atoms with E-state index < -0.39 is 6.04 Å². The molecule has 0 unspecified atom stereocenters. The van der Waals surface area contributed by atoms with E-state index in [2.05, 4.69) is 0 Å². The fourth-order valence-electron chi connectivity index (χ4n) is 0.586. The molecule has 0 aromatic rings. The van der Waals surface area contributed by atoms with E-state index in [1.54, 1.807) is 6.92 Å². The Labute approximate surface area is 67.9 Å². The lowest BCUT2D eigenvalue weighted by Crippen LogP contribution is -2.43. The van der Waals surface area contributed by atoms with Gasteiger partial charge in [-0.1, -0.05) is 20.8 Å². The number of hydrogen-bond acceptors (Lipinski definition) is 3. The summed E-state index contributed by atoms with van der Waals surface area (Å²) in [5.74, 6) is -0.319. The maximum absolute atomic E-state index is 11.0. The van der Waals surface area contributed by atoms with Crippen LogP contribution in [0, 0.1) is 5.41 Å². The number of nitrogens with two attached hydrogens (primary N) is 1. The second-order valence-corrected chi connectivity index (χ2v) is 3.60. The van der Waals surface area contributed by atoms with Crippen LogP contribution >= 0.6 is 0 Å². The Morgan fingerprint density at radius 3 is 2.27 bits per heavy atom. The van der Waals surface area contributed by atoms with Crippen molar-refractivity contribution in [3.05, 3.63) is 0 Å². The van der Waals surface area contributed by atoms with Gasteiger partial charge in [-0.2, -0.15) is 0 Å². The van der Waals surface area contributed by atoms with Gasteiger partial charge in [0, 0.05) is 0 Å². The molecule has 0 amide bonds. The molecule has 0 saturated carbocycles. The van der Waals surface area contributed by atoms with Gasteiger partial charge in [-0.25, -0.2) is 0 Å². The van der Waals surface area contributed by atoms with E-state index in [0.29, 0.717) is 6.61 Å². The summed E-state index contributed by atoms with van der Waals surface area (Å²) >= 11 is 0. The molecule has 3 nitrogen and oxygen atoms in total. The molecule has 0 aliphatic rings. The molecule has 0 fully saturated rings. The average Bonchev–Trinajstić information content (AvgIpc) is 1.85. The fraction of sp³-hybridized carbons (Fsp3) is 0.875. The fourth-order valence-corrected chi connectivity index (χ4v) is 0.586. The predicted octanol–water partition coefficient (Wildman–Crippen LogP) is 0.923. The van der Waals surface area contributed by atoms with Crippen LogP contribution in [0.4, 0.5) is 0 Å². The Morgan fingerprint density at radius 1 is 1.55 bits per heavy atom. The minimum absolute atomic E-state index is 0.216. The SMILES string of the molecule is CCOC(=O)[C@H](N)C(C)(C)C. The van der Waals surface area contributed by atoms with Crippen LogP contribution in [-0.4, -0.2) is 18.6 Å². The summed E-state index contributed by atoms with van der Waals surface area (Å²) in [5, 5.41) is 0. The molecule has 0 heterocycles. The van der Waals surface area contributed by atoms with Crippen molar-refractivity contribution < 1.29 is 9.53 Å². The highest BCUT2D eigenvalue weighted by atomic mass is 16.5. The highest BCUT2D eigenvalue weighted by molar-refractivity contribution is 5.76. The summed E-state index contributed by atoms with van der Waals surface area (Å²) in [6.07, 6.45) is 0. The van der Waals surface area contributed by atoms with Crippen molar-refractivity contribution in [2.24, 2.45) is 11.1 Å². The minimum atomic E-state index is -0.526. The molecule has 0 rings (SSSR count). The highest BCUT2D eigenvalue weighted by Gasteiger charge is 2.28. The molecule has 3 heteroatoms. The van der Waals surface area contributed by atoms with Gasteiger partial charge >= 0.3 is 5.97 Å². The van der Waals surface area contributed by atoms with Crippen LogP contribution in [0.5, 0.6) is 0 Å². The monoisotopic (exact) mass is 159 g/mol. The lowest BCUT2D eigenvalue weighted by Gasteiger charge is -2.24. The Kier molecular flexibility index (Phi) is 3.52. The van der Waals surface area contributed by atoms with Crippen molar-refractivity contribution >= 4 is 5.97 Å². The summed E-state index contributed by atoms with van der Waals surface area (Å²) in [4.78, 5) is 11.0. The molecule has 0 bridgehead atoms. The summed E-state index contributed by atoms with van der Waals surface area (Å²) in [6, 6.07) is -0.526. The zero-order valence-electron chi connectivity index (χ0n) is 7.68. The molecule has 0 aromatic carbocycles. The van der Waals surface area contributed by atoms with Gasteiger partial charge in [0.15, 0.2) is 0 Å². The van der Waals surface area contributed by atoms with Crippen LogP contribution in [0.1, 0.15) is 27.7 Å². The summed E-state index contributed by atoms with van der Waals surface area (Å²) in [5.41, 5.74) is 5.39. The third-order valence-corrected chi connectivity index (χ3v) is 1.47. The molecule has 11 heavy (non-hydrogen) atoms. The van der Waals surface area contributed by atoms with Crippen LogP contribution in [0.2, 0.25) is 0 Å². The minimum Gasteiger partial charge on any atom is -0.465 e. The zero-order valence-corrected chi connectivity index (χ0v) is 7.68.